The predicted octanol–water partition coefficient (Wildman–Crippen LogP) is 4.28. The van der Waals surface area contributed by atoms with Gasteiger partial charge in [-0.05, 0) is 24.3 Å². The fourth-order valence-electron chi connectivity index (χ4n) is 1.61. The van der Waals surface area contributed by atoms with Crippen LogP contribution in [0.4, 0.5) is 0 Å². The van der Waals surface area contributed by atoms with Gasteiger partial charge in [0, 0.05) is 22.8 Å². The number of pyridine rings is 1. The minimum atomic E-state index is 0.433. The first-order valence-electron chi connectivity index (χ1n) is 5.91. The summed E-state index contributed by atoms with van der Waals surface area (Å²) in [6, 6.07) is 15.2. The van der Waals surface area contributed by atoms with Crippen LogP contribution in [0.15, 0.2) is 41.4 Å². The van der Waals surface area contributed by atoms with Crippen LogP contribution in [0, 0.1) is 22.7 Å². The van der Waals surface area contributed by atoms with Gasteiger partial charge in [-0.2, -0.15) is 10.5 Å². The Balaban J connectivity index is 2.32. The second-order valence-electron chi connectivity index (χ2n) is 3.92. The number of nitriles is 2. The highest BCUT2D eigenvalue weighted by atomic mass is 35.5. The number of benzene rings is 1. The number of aromatic nitrogens is 1. The zero-order chi connectivity index (χ0) is 14.4. The molecule has 2 rings (SSSR count). The van der Waals surface area contributed by atoms with E-state index in [9.17, 15) is 0 Å². The minimum Gasteiger partial charge on any atom is -0.240 e. The van der Waals surface area contributed by atoms with Crippen LogP contribution in [-0.2, 0) is 0 Å². The van der Waals surface area contributed by atoms with Crippen molar-refractivity contribution in [3.63, 3.8) is 0 Å². The monoisotopic (exact) mass is 299 g/mol. The number of rotatable bonds is 4. The largest absolute Gasteiger partial charge is 0.240 e. The molecule has 5 heteroatoms. The lowest BCUT2D eigenvalue weighted by molar-refractivity contribution is 1.11. The summed E-state index contributed by atoms with van der Waals surface area (Å²) in [5, 5.41) is 19.0. The molecule has 0 aliphatic rings. The fourth-order valence-corrected chi connectivity index (χ4v) is 2.56. The van der Waals surface area contributed by atoms with Crippen LogP contribution >= 0.6 is 23.4 Å². The van der Waals surface area contributed by atoms with Crippen LogP contribution < -0.4 is 0 Å². The van der Waals surface area contributed by atoms with Crippen LogP contribution in [0.25, 0.3) is 11.3 Å². The van der Waals surface area contributed by atoms with Crippen LogP contribution in [-0.4, -0.2) is 10.7 Å². The highest BCUT2D eigenvalue weighted by Crippen LogP contribution is 2.26. The summed E-state index contributed by atoms with van der Waals surface area (Å²) in [5.41, 5.74) is 2.27. The van der Waals surface area contributed by atoms with Crippen LogP contribution in [0.2, 0.25) is 5.02 Å². The third-order valence-corrected chi connectivity index (χ3v) is 3.82. The number of hydrogen-bond acceptors (Lipinski definition) is 4. The van der Waals surface area contributed by atoms with Gasteiger partial charge in [0.15, 0.2) is 0 Å². The van der Waals surface area contributed by atoms with Gasteiger partial charge >= 0.3 is 0 Å². The molecule has 0 aliphatic carbocycles. The predicted molar refractivity (Wildman–Crippen MR) is 80.4 cm³/mol. The van der Waals surface area contributed by atoms with E-state index in [4.69, 9.17) is 22.1 Å². The molecule has 0 amide bonds. The lowest BCUT2D eigenvalue weighted by Crippen LogP contribution is -1.91. The van der Waals surface area contributed by atoms with E-state index >= 15 is 0 Å². The molecule has 0 saturated carbocycles. The van der Waals surface area contributed by atoms with Crippen molar-refractivity contribution < 1.29 is 0 Å². The summed E-state index contributed by atoms with van der Waals surface area (Å²) >= 11 is 7.29. The smallest absolute Gasteiger partial charge is 0.115 e. The van der Waals surface area contributed by atoms with E-state index in [1.54, 1.807) is 18.2 Å². The van der Waals surface area contributed by atoms with Gasteiger partial charge in [0.25, 0.3) is 0 Å². The average Bonchev–Trinajstić information content (AvgIpc) is 2.48. The molecule has 3 nitrogen and oxygen atoms in total. The first-order valence-corrected chi connectivity index (χ1v) is 7.28. The van der Waals surface area contributed by atoms with E-state index in [-0.39, 0.29) is 0 Å². The molecule has 0 N–H and O–H groups in total. The molecule has 0 fully saturated rings. The number of hydrogen-bond donors (Lipinski definition) is 0. The van der Waals surface area contributed by atoms with Gasteiger partial charge in [-0.25, -0.2) is 4.98 Å². The molecule has 0 bridgehead atoms. The number of thioether (sulfide) groups is 1. The van der Waals surface area contributed by atoms with Crippen LogP contribution in [0.1, 0.15) is 12.0 Å². The van der Waals surface area contributed by atoms with Gasteiger partial charge in [0.1, 0.15) is 11.1 Å². The standard InChI is InChI=1S/C15H10ClN3S/c16-13-5-2-11(3-6-13)14-7-4-12(10-18)15(19-14)20-9-1-8-17/h2-7H,1,9H2. The van der Waals surface area contributed by atoms with Crippen LogP contribution in [0.5, 0.6) is 0 Å². The highest BCUT2D eigenvalue weighted by Gasteiger charge is 2.07. The average molecular weight is 300 g/mol. The molecule has 0 saturated heterocycles. The molecule has 1 aromatic carbocycles. The van der Waals surface area contributed by atoms with Crippen molar-refractivity contribution in [2.75, 3.05) is 5.75 Å². The second kappa shape index (κ2) is 6.96. The van der Waals surface area contributed by atoms with Gasteiger partial charge in [0.2, 0.25) is 0 Å². The van der Waals surface area contributed by atoms with Crippen molar-refractivity contribution in [1.82, 2.24) is 4.98 Å². The zero-order valence-corrected chi connectivity index (χ0v) is 12.1. The van der Waals surface area contributed by atoms with Gasteiger partial charge in [-0.1, -0.05) is 23.7 Å². The Hall–Kier alpha value is -2.01. The van der Waals surface area contributed by atoms with Crippen LogP contribution in [0.3, 0.4) is 0 Å². The third-order valence-electron chi connectivity index (χ3n) is 2.57. The Kier molecular flexibility index (Phi) is 5.01. The molecule has 1 aromatic heterocycles. The Morgan fingerprint density at radius 3 is 2.50 bits per heavy atom. The Morgan fingerprint density at radius 1 is 1.10 bits per heavy atom. The van der Waals surface area contributed by atoms with Crippen molar-refractivity contribution in [3.8, 4) is 23.4 Å². The van der Waals surface area contributed by atoms with E-state index in [0.29, 0.717) is 27.8 Å². The maximum atomic E-state index is 9.09. The van der Waals surface area contributed by atoms with Gasteiger partial charge in [-0.3, -0.25) is 0 Å². The molecule has 0 atom stereocenters. The van der Waals surface area contributed by atoms with Crippen molar-refractivity contribution >= 4 is 23.4 Å². The number of halogens is 1. The Labute approximate surface area is 126 Å². The van der Waals surface area contributed by atoms with Gasteiger partial charge in [-0.15, -0.1) is 11.8 Å². The quantitative estimate of drug-likeness (QED) is 0.624. The van der Waals surface area contributed by atoms with Crippen molar-refractivity contribution in [1.29, 1.82) is 10.5 Å². The Morgan fingerprint density at radius 2 is 1.85 bits per heavy atom. The van der Waals surface area contributed by atoms with E-state index in [0.717, 1.165) is 11.3 Å². The summed E-state index contributed by atoms with van der Waals surface area (Å²) in [6.45, 7) is 0. The molecule has 0 aliphatic heterocycles. The second-order valence-corrected chi connectivity index (χ2v) is 5.44. The van der Waals surface area contributed by atoms with Crippen molar-refractivity contribution in [2.24, 2.45) is 0 Å². The molecular weight excluding hydrogens is 290 g/mol. The van der Waals surface area contributed by atoms with E-state index < -0.39 is 0 Å². The molecule has 20 heavy (non-hydrogen) atoms. The topological polar surface area (TPSA) is 60.5 Å². The van der Waals surface area contributed by atoms with E-state index in [1.165, 1.54) is 11.8 Å². The summed E-state index contributed by atoms with van der Waals surface area (Å²) in [5.74, 6) is 0.627. The molecule has 0 radical (unpaired) electrons. The lowest BCUT2D eigenvalue weighted by Gasteiger charge is -2.06. The molecular formula is C15H10ClN3S. The molecule has 98 valence electrons. The van der Waals surface area contributed by atoms with Gasteiger partial charge < -0.3 is 0 Å². The Bertz CT molecular complexity index is 684. The number of nitrogens with zero attached hydrogens (tertiary/aromatic N) is 3. The summed E-state index contributed by atoms with van der Waals surface area (Å²) in [7, 11) is 0. The molecule has 2 aromatic rings. The van der Waals surface area contributed by atoms with E-state index in [1.807, 2.05) is 18.2 Å². The summed E-state index contributed by atoms with van der Waals surface area (Å²) in [4.78, 5) is 4.50. The highest BCUT2D eigenvalue weighted by molar-refractivity contribution is 7.99. The normalized spacial score (nSPS) is 9.75. The molecule has 0 spiro atoms. The zero-order valence-electron chi connectivity index (χ0n) is 10.5. The maximum Gasteiger partial charge on any atom is 0.115 e. The fraction of sp³-hybridized carbons (Fsp3) is 0.133. The molecule has 0 unspecified atom stereocenters. The minimum absolute atomic E-state index is 0.433. The molecule has 1 heterocycles. The van der Waals surface area contributed by atoms with Gasteiger partial charge in [0.05, 0.1) is 17.3 Å². The lowest BCUT2D eigenvalue weighted by atomic mass is 10.1. The third kappa shape index (κ3) is 3.51. The maximum absolute atomic E-state index is 9.09. The van der Waals surface area contributed by atoms with E-state index in [2.05, 4.69) is 17.1 Å². The first kappa shape index (κ1) is 14.4. The summed E-state index contributed by atoms with van der Waals surface area (Å²) in [6.07, 6.45) is 0.433. The SMILES string of the molecule is N#CCCSc1nc(-c2ccc(Cl)cc2)ccc1C#N. The van der Waals surface area contributed by atoms with Crippen molar-refractivity contribution in [2.45, 2.75) is 11.4 Å². The summed E-state index contributed by atoms with van der Waals surface area (Å²) < 4.78 is 0. The van der Waals surface area contributed by atoms with Crippen molar-refractivity contribution in [3.05, 3.63) is 47.0 Å². The first-order chi connectivity index (χ1) is 9.74.